The molecule has 0 saturated heterocycles. The van der Waals surface area contributed by atoms with Gasteiger partial charge in [-0.1, -0.05) is 41.9 Å². The molecule has 0 aromatic heterocycles. The SMILES string of the molecule is CC(C)C[C@H](NCc1ccc(Br)cc1)C(=O)NC1(C#N)CC1. The summed E-state index contributed by atoms with van der Waals surface area (Å²) in [6, 6.07) is 9.97. The van der Waals surface area contributed by atoms with E-state index in [1.165, 1.54) is 0 Å². The molecule has 1 aromatic carbocycles. The summed E-state index contributed by atoms with van der Waals surface area (Å²) in [6.07, 6.45) is 2.27. The molecule has 1 aromatic rings. The van der Waals surface area contributed by atoms with Crippen molar-refractivity contribution in [1.82, 2.24) is 10.6 Å². The van der Waals surface area contributed by atoms with Crippen LogP contribution < -0.4 is 10.6 Å². The van der Waals surface area contributed by atoms with Crippen molar-refractivity contribution in [2.45, 2.75) is 51.2 Å². The summed E-state index contributed by atoms with van der Waals surface area (Å²) in [5.74, 6) is 0.343. The molecule has 1 aliphatic carbocycles. The van der Waals surface area contributed by atoms with Crippen molar-refractivity contribution in [3.05, 3.63) is 34.3 Å². The van der Waals surface area contributed by atoms with Crippen LogP contribution in [0.1, 0.15) is 38.7 Å². The number of hydrogen-bond acceptors (Lipinski definition) is 3. The second kappa shape index (κ2) is 7.26. The molecule has 0 bridgehead atoms. The molecule has 5 heteroatoms. The van der Waals surface area contributed by atoms with Crippen LogP contribution in [-0.4, -0.2) is 17.5 Å². The van der Waals surface area contributed by atoms with Gasteiger partial charge in [0.05, 0.1) is 12.1 Å². The van der Waals surface area contributed by atoms with E-state index in [1.54, 1.807) is 0 Å². The highest BCUT2D eigenvalue weighted by atomic mass is 79.9. The van der Waals surface area contributed by atoms with Gasteiger partial charge in [-0.05, 0) is 42.9 Å². The number of carbonyl (C=O) groups excluding carboxylic acids is 1. The zero-order chi connectivity index (χ0) is 16.2. The zero-order valence-corrected chi connectivity index (χ0v) is 14.6. The summed E-state index contributed by atoms with van der Waals surface area (Å²) in [6.45, 7) is 4.83. The van der Waals surface area contributed by atoms with E-state index < -0.39 is 5.54 Å². The fraction of sp³-hybridized carbons (Fsp3) is 0.529. The van der Waals surface area contributed by atoms with E-state index in [1.807, 2.05) is 24.3 Å². The lowest BCUT2D eigenvalue weighted by Crippen LogP contribution is -2.48. The number of nitrogens with one attached hydrogen (secondary N) is 2. The van der Waals surface area contributed by atoms with Gasteiger partial charge in [-0.25, -0.2) is 0 Å². The number of carbonyl (C=O) groups is 1. The van der Waals surface area contributed by atoms with E-state index in [0.717, 1.165) is 29.3 Å². The predicted molar refractivity (Wildman–Crippen MR) is 89.9 cm³/mol. The summed E-state index contributed by atoms with van der Waals surface area (Å²) in [7, 11) is 0. The number of hydrogen-bond donors (Lipinski definition) is 2. The monoisotopic (exact) mass is 363 g/mol. The van der Waals surface area contributed by atoms with Crippen LogP contribution in [0.3, 0.4) is 0 Å². The van der Waals surface area contributed by atoms with Gasteiger partial charge in [0.2, 0.25) is 5.91 Å². The summed E-state index contributed by atoms with van der Waals surface area (Å²) in [4.78, 5) is 12.4. The van der Waals surface area contributed by atoms with E-state index in [2.05, 4.69) is 46.5 Å². The number of rotatable bonds is 7. The van der Waals surface area contributed by atoms with Crippen molar-refractivity contribution in [2.24, 2.45) is 5.92 Å². The lowest BCUT2D eigenvalue weighted by molar-refractivity contribution is -0.124. The van der Waals surface area contributed by atoms with Gasteiger partial charge in [-0.15, -0.1) is 0 Å². The third-order valence-electron chi connectivity index (χ3n) is 3.82. The van der Waals surface area contributed by atoms with Gasteiger partial charge >= 0.3 is 0 Å². The normalized spacial score (nSPS) is 16.9. The maximum absolute atomic E-state index is 12.4. The quantitative estimate of drug-likeness (QED) is 0.781. The summed E-state index contributed by atoms with van der Waals surface area (Å²) in [5.41, 5.74) is 0.525. The highest BCUT2D eigenvalue weighted by Gasteiger charge is 2.45. The van der Waals surface area contributed by atoms with Crippen LogP contribution in [0.25, 0.3) is 0 Å². The van der Waals surface area contributed by atoms with Crippen LogP contribution in [0, 0.1) is 17.2 Å². The van der Waals surface area contributed by atoms with Gasteiger partial charge in [0.1, 0.15) is 5.54 Å². The van der Waals surface area contributed by atoms with Gasteiger partial charge in [-0.2, -0.15) is 5.26 Å². The topological polar surface area (TPSA) is 64.9 Å². The highest BCUT2D eigenvalue weighted by Crippen LogP contribution is 2.34. The minimum atomic E-state index is -0.606. The molecule has 1 atom stereocenters. The molecule has 0 aliphatic heterocycles. The van der Waals surface area contributed by atoms with Crippen LogP contribution in [0.4, 0.5) is 0 Å². The third kappa shape index (κ3) is 4.82. The van der Waals surface area contributed by atoms with Crippen LogP contribution in [0.2, 0.25) is 0 Å². The Morgan fingerprint density at radius 1 is 1.36 bits per heavy atom. The van der Waals surface area contributed by atoms with Crippen molar-refractivity contribution in [1.29, 1.82) is 5.26 Å². The molecule has 0 radical (unpaired) electrons. The molecular formula is C17H22BrN3O. The molecule has 1 fully saturated rings. The minimum Gasteiger partial charge on any atom is -0.336 e. The number of nitriles is 1. The standard InChI is InChI=1S/C17H22BrN3O/c1-12(2)9-15(16(22)21-17(11-19)7-8-17)20-10-13-3-5-14(18)6-4-13/h3-6,12,15,20H,7-10H2,1-2H3,(H,21,22)/t15-/m0/s1. The van der Waals surface area contributed by atoms with Crippen molar-refractivity contribution in [2.75, 3.05) is 0 Å². The average Bonchev–Trinajstić information content (AvgIpc) is 3.25. The molecule has 0 unspecified atom stereocenters. The molecule has 0 heterocycles. The summed E-state index contributed by atoms with van der Waals surface area (Å²) in [5, 5.41) is 15.3. The molecule has 1 aliphatic rings. The molecular weight excluding hydrogens is 342 g/mol. The molecule has 1 saturated carbocycles. The summed E-state index contributed by atoms with van der Waals surface area (Å²) >= 11 is 3.41. The number of amides is 1. The molecule has 2 N–H and O–H groups in total. The fourth-order valence-electron chi connectivity index (χ4n) is 2.31. The number of halogens is 1. The number of nitrogens with zero attached hydrogens (tertiary/aromatic N) is 1. The Balaban J connectivity index is 1.95. The first-order chi connectivity index (χ1) is 10.4. The molecule has 22 heavy (non-hydrogen) atoms. The first kappa shape index (κ1) is 17.0. The molecule has 2 rings (SSSR count). The lowest BCUT2D eigenvalue weighted by atomic mass is 10.0. The van der Waals surface area contributed by atoms with E-state index in [-0.39, 0.29) is 11.9 Å². The van der Waals surface area contributed by atoms with Gasteiger partial charge in [0.25, 0.3) is 0 Å². The van der Waals surface area contributed by atoms with E-state index in [4.69, 9.17) is 5.26 Å². The zero-order valence-electron chi connectivity index (χ0n) is 13.0. The smallest absolute Gasteiger partial charge is 0.238 e. The average molecular weight is 364 g/mol. The third-order valence-corrected chi connectivity index (χ3v) is 4.34. The van der Waals surface area contributed by atoms with Crippen LogP contribution >= 0.6 is 15.9 Å². The van der Waals surface area contributed by atoms with Crippen molar-refractivity contribution >= 4 is 21.8 Å². The Hall–Kier alpha value is -1.38. The lowest BCUT2D eigenvalue weighted by Gasteiger charge is -2.22. The second-order valence-electron chi connectivity index (χ2n) is 6.37. The summed E-state index contributed by atoms with van der Waals surface area (Å²) < 4.78 is 1.04. The van der Waals surface area contributed by atoms with E-state index >= 15 is 0 Å². The maximum Gasteiger partial charge on any atom is 0.238 e. The predicted octanol–water partition coefficient (Wildman–Crippen LogP) is 3.13. The Labute approximate surface area is 140 Å². The Morgan fingerprint density at radius 3 is 2.50 bits per heavy atom. The van der Waals surface area contributed by atoms with E-state index in [0.29, 0.717) is 12.5 Å². The van der Waals surface area contributed by atoms with Crippen molar-refractivity contribution < 1.29 is 4.79 Å². The Kier molecular flexibility index (Phi) is 5.60. The van der Waals surface area contributed by atoms with Crippen molar-refractivity contribution in [3.8, 4) is 6.07 Å². The molecule has 1 amide bonds. The highest BCUT2D eigenvalue weighted by molar-refractivity contribution is 9.10. The van der Waals surface area contributed by atoms with Gasteiger partial charge in [0, 0.05) is 11.0 Å². The Bertz CT molecular complexity index is 558. The Morgan fingerprint density at radius 2 is 2.00 bits per heavy atom. The van der Waals surface area contributed by atoms with E-state index in [9.17, 15) is 4.79 Å². The number of benzene rings is 1. The largest absolute Gasteiger partial charge is 0.336 e. The van der Waals surface area contributed by atoms with Crippen LogP contribution in [0.5, 0.6) is 0 Å². The molecule has 118 valence electrons. The first-order valence-electron chi connectivity index (χ1n) is 7.65. The molecule has 4 nitrogen and oxygen atoms in total. The van der Waals surface area contributed by atoms with Gasteiger partial charge < -0.3 is 10.6 Å². The maximum atomic E-state index is 12.4. The van der Waals surface area contributed by atoms with Crippen LogP contribution in [-0.2, 0) is 11.3 Å². The van der Waals surface area contributed by atoms with Crippen LogP contribution in [0.15, 0.2) is 28.7 Å². The van der Waals surface area contributed by atoms with Gasteiger partial charge in [0.15, 0.2) is 0 Å². The fourth-order valence-corrected chi connectivity index (χ4v) is 2.57. The minimum absolute atomic E-state index is 0.0649. The van der Waals surface area contributed by atoms with Gasteiger partial charge in [-0.3, -0.25) is 4.79 Å². The molecule has 0 spiro atoms. The second-order valence-corrected chi connectivity index (χ2v) is 7.29. The van der Waals surface area contributed by atoms with Crippen molar-refractivity contribution in [3.63, 3.8) is 0 Å². The first-order valence-corrected chi connectivity index (χ1v) is 8.44.